The molecule has 0 radical (unpaired) electrons. The van der Waals surface area contributed by atoms with Gasteiger partial charge in [0.05, 0.1) is 70.7 Å². The molecule has 0 unspecified atom stereocenters. The lowest BCUT2D eigenvalue weighted by Gasteiger charge is -2.45. The molecule has 0 aromatic heterocycles. The average molecular weight is 905 g/mol. The lowest BCUT2D eigenvalue weighted by molar-refractivity contribution is -0.0990. The van der Waals surface area contributed by atoms with Crippen LogP contribution in [0.4, 0.5) is 0 Å². The predicted octanol–water partition coefficient (Wildman–Crippen LogP) is 13.6. The van der Waals surface area contributed by atoms with Gasteiger partial charge in [0.2, 0.25) is 0 Å². The molecule has 0 saturated carbocycles. The highest BCUT2D eigenvalue weighted by atomic mass is 28.4. The maximum Gasteiger partial charge on any atom is 0.193 e. The molecule has 1 fully saturated rings. The van der Waals surface area contributed by atoms with E-state index in [1.54, 1.807) is 14.2 Å². The minimum absolute atomic E-state index is 0.00380. The molecule has 4 rings (SSSR count). The van der Waals surface area contributed by atoms with Gasteiger partial charge in [-0.05, 0) is 116 Å². The van der Waals surface area contributed by atoms with Crippen LogP contribution in [0.25, 0.3) is 0 Å². The van der Waals surface area contributed by atoms with E-state index in [2.05, 4.69) is 130 Å². The summed E-state index contributed by atoms with van der Waals surface area (Å²) in [5.41, 5.74) is 3.35. The number of rotatable bonds is 27. The molecule has 3 aromatic rings. The Morgan fingerprint density at radius 2 is 1.19 bits per heavy atom. The molecule has 1 aliphatic heterocycles. The van der Waals surface area contributed by atoms with Gasteiger partial charge in [-0.1, -0.05) is 122 Å². The number of benzene rings is 3. The number of ether oxygens (including phenoxy) is 6. The Kier molecular flexibility index (Phi) is 20.7. The van der Waals surface area contributed by atoms with Gasteiger partial charge in [-0.15, -0.1) is 6.58 Å². The molecule has 1 heterocycles. The highest BCUT2D eigenvalue weighted by Gasteiger charge is 2.46. The molecular formula is C53H84O8Si2. The van der Waals surface area contributed by atoms with Crippen molar-refractivity contribution in [1.82, 2.24) is 0 Å². The van der Waals surface area contributed by atoms with Gasteiger partial charge in [-0.2, -0.15) is 0 Å². The first-order valence-electron chi connectivity index (χ1n) is 23.6. The van der Waals surface area contributed by atoms with E-state index in [0.717, 1.165) is 79.6 Å². The fourth-order valence-electron chi connectivity index (χ4n) is 7.53. The van der Waals surface area contributed by atoms with E-state index in [1.807, 2.05) is 36.4 Å². The first kappa shape index (κ1) is 52.8. The predicted molar refractivity (Wildman–Crippen MR) is 264 cm³/mol. The van der Waals surface area contributed by atoms with Gasteiger partial charge in [0.1, 0.15) is 17.6 Å². The molecule has 1 aliphatic rings. The van der Waals surface area contributed by atoms with Crippen molar-refractivity contribution in [2.24, 2.45) is 0 Å². The van der Waals surface area contributed by atoms with Crippen molar-refractivity contribution >= 4 is 16.6 Å². The Bertz CT molecular complexity index is 1740. The molecule has 0 bridgehead atoms. The van der Waals surface area contributed by atoms with Crippen molar-refractivity contribution < 1.29 is 37.3 Å². The normalized spacial score (nSPS) is 18.7. The van der Waals surface area contributed by atoms with Crippen LogP contribution in [0.3, 0.4) is 0 Å². The minimum Gasteiger partial charge on any atom is -0.497 e. The zero-order valence-corrected chi connectivity index (χ0v) is 43.4. The Balaban J connectivity index is 1.62. The van der Waals surface area contributed by atoms with Crippen LogP contribution in [-0.2, 0) is 47.6 Å². The molecule has 10 heteroatoms. The van der Waals surface area contributed by atoms with Gasteiger partial charge >= 0.3 is 0 Å². The molecule has 1 saturated heterocycles. The van der Waals surface area contributed by atoms with Crippen LogP contribution in [0.2, 0.25) is 36.3 Å². The summed E-state index contributed by atoms with van der Waals surface area (Å²) in [5.74, 6) is 1.68. The van der Waals surface area contributed by atoms with Gasteiger partial charge in [0, 0.05) is 0 Å². The van der Waals surface area contributed by atoms with Crippen LogP contribution in [-0.4, -0.2) is 73.6 Å². The zero-order valence-electron chi connectivity index (χ0n) is 41.4. The van der Waals surface area contributed by atoms with E-state index in [0.29, 0.717) is 19.8 Å². The maximum atomic E-state index is 7.48. The third-order valence-electron chi connectivity index (χ3n) is 13.7. The van der Waals surface area contributed by atoms with Gasteiger partial charge in [-0.25, -0.2) is 0 Å². The molecule has 352 valence electrons. The SMILES string of the molecule is C=C[C@@H](O[Si](C)(C)C(C)(C)C)[C@@H](OCc1ccccc1)[C@@H](CC[C@H](C[C@H]1CC[C@H]([C@@H](CCCC)OCc2ccc(OC)cc2)O1)OCc1ccc(OC)cc1)O[Si](C)(C)C(C)(C)C. The van der Waals surface area contributed by atoms with E-state index in [9.17, 15) is 0 Å². The summed E-state index contributed by atoms with van der Waals surface area (Å²) in [6.45, 7) is 31.1. The average Bonchev–Trinajstić information content (AvgIpc) is 3.72. The summed E-state index contributed by atoms with van der Waals surface area (Å²) in [4.78, 5) is 0. The maximum absolute atomic E-state index is 7.48. The molecule has 0 spiro atoms. The summed E-state index contributed by atoms with van der Waals surface area (Å²) in [6, 6.07) is 26.7. The molecule has 0 N–H and O–H groups in total. The van der Waals surface area contributed by atoms with Crippen LogP contribution in [0.1, 0.15) is 117 Å². The quantitative estimate of drug-likeness (QED) is 0.0553. The second-order valence-corrected chi connectivity index (χ2v) is 30.1. The smallest absolute Gasteiger partial charge is 0.193 e. The Morgan fingerprint density at radius 3 is 1.71 bits per heavy atom. The largest absolute Gasteiger partial charge is 0.497 e. The first-order valence-corrected chi connectivity index (χ1v) is 29.4. The lowest BCUT2D eigenvalue weighted by atomic mass is 9.98. The summed E-state index contributed by atoms with van der Waals surface area (Å²) in [7, 11) is -1.16. The third-order valence-corrected chi connectivity index (χ3v) is 22.6. The van der Waals surface area contributed by atoms with Gasteiger partial charge < -0.3 is 37.3 Å². The van der Waals surface area contributed by atoms with Crippen molar-refractivity contribution in [3.63, 3.8) is 0 Å². The number of hydrogen-bond donors (Lipinski definition) is 0. The topological polar surface area (TPSA) is 73.8 Å². The van der Waals surface area contributed by atoms with Crippen molar-refractivity contribution in [2.45, 2.75) is 199 Å². The van der Waals surface area contributed by atoms with Gasteiger partial charge in [0.15, 0.2) is 16.6 Å². The summed E-state index contributed by atoms with van der Waals surface area (Å²) >= 11 is 0. The van der Waals surface area contributed by atoms with E-state index in [4.69, 9.17) is 37.3 Å². The molecule has 63 heavy (non-hydrogen) atoms. The minimum atomic E-state index is -2.31. The fraction of sp³-hybridized carbons (Fsp3) is 0.623. The molecule has 0 aliphatic carbocycles. The van der Waals surface area contributed by atoms with Crippen LogP contribution in [0.15, 0.2) is 91.5 Å². The summed E-state index contributed by atoms with van der Waals surface area (Å²) in [5, 5.41) is -0.0102. The number of methoxy groups -OCH3 is 2. The van der Waals surface area contributed by atoms with E-state index < -0.39 is 16.6 Å². The standard InChI is InChI=1S/C53H84O8Si2/c1-15-17-23-48(57-38-42-26-30-44(55-10)31-27-42)49-34-33-46(59-49)36-45(56-37-41-24-28-43(54-9)29-25-41)32-35-50(61-63(13,14)53(6,7)8)51(58-39-40-21-19-18-20-22-40)47(16-2)60-62(11,12)52(3,4)5/h16,18-22,24-31,45-51H,2,15,17,23,32-39H2,1,3-14H3/t45-,46-,47-,48-,49-,50-,51-/m1/s1. The van der Waals surface area contributed by atoms with Crippen molar-refractivity contribution in [2.75, 3.05) is 14.2 Å². The number of unbranched alkanes of at least 4 members (excludes halogenated alkanes) is 1. The highest BCUT2D eigenvalue weighted by Crippen LogP contribution is 2.42. The van der Waals surface area contributed by atoms with Crippen molar-refractivity contribution in [3.05, 3.63) is 108 Å². The number of hydrogen-bond acceptors (Lipinski definition) is 8. The summed E-state index contributed by atoms with van der Waals surface area (Å²) in [6.07, 6.45) is 8.34. The lowest BCUT2D eigenvalue weighted by Crippen LogP contribution is -2.54. The van der Waals surface area contributed by atoms with Crippen molar-refractivity contribution in [3.8, 4) is 11.5 Å². The second kappa shape index (κ2) is 24.6. The highest BCUT2D eigenvalue weighted by molar-refractivity contribution is 6.74. The van der Waals surface area contributed by atoms with Crippen LogP contribution in [0.5, 0.6) is 11.5 Å². The Hall–Kier alpha value is -2.81. The van der Waals surface area contributed by atoms with Gasteiger partial charge in [0.25, 0.3) is 0 Å². The molecule has 3 aromatic carbocycles. The Labute approximate surface area is 385 Å². The molecule has 7 atom stereocenters. The monoisotopic (exact) mass is 905 g/mol. The van der Waals surface area contributed by atoms with Crippen LogP contribution in [0, 0.1) is 0 Å². The fourth-order valence-corrected chi connectivity index (χ4v) is 10.2. The van der Waals surface area contributed by atoms with E-state index in [-0.39, 0.29) is 52.8 Å². The van der Waals surface area contributed by atoms with Gasteiger partial charge in [-0.3, -0.25) is 0 Å². The summed E-state index contributed by atoms with van der Waals surface area (Å²) < 4.78 is 53.1. The van der Waals surface area contributed by atoms with Crippen LogP contribution >= 0.6 is 0 Å². The van der Waals surface area contributed by atoms with Crippen molar-refractivity contribution in [1.29, 1.82) is 0 Å². The first-order chi connectivity index (χ1) is 29.8. The third kappa shape index (κ3) is 16.5. The van der Waals surface area contributed by atoms with Crippen LogP contribution < -0.4 is 9.47 Å². The second-order valence-electron chi connectivity index (χ2n) is 20.6. The van der Waals surface area contributed by atoms with E-state index in [1.165, 1.54) is 0 Å². The molecule has 0 amide bonds. The molecule has 8 nitrogen and oxygen atoms in total. The van der Waals surface area contributed by atoms with E-state index >= 15 is 0 Å². The Morgan fingerprint density at radius 1 is 0.667 bits per heavy atom. The molecular weight excluding hydrogens is 821 g/mol. The zero-order chi connectivity index (χ0) is 46.3.